The van der Waals surface area contributed by atoms with Crippen molar-refractivity contribution in [3.8, 4) is 0 Å². The lowest BCUT2D eigenvalue weighted by atomic mass is 10.00. The predicted octanol–water partition coefficient (Wildman–Crippen LogP) is 0.733. The molecular formula is C14H16N2O2. The van der Waals surface area contributed by atoms with Crippen LogP contribution in [-0.2, 0) is 16.1 Å². The molecule has 2 aliphatic heterocycles. The molecule has 4 nitrogen and oxygen atoms in total. The summed E-state index contributed by atoms with van der Waals surface area (Å²) in [5, 5.41) is 0. The van der Waals surface area contributed by atoms with E-state index in [0.29, 0.717) is 19.6 Å². The van der Waals surface area contributed by atoms with Crippen molar-refractivity contribution in [2.24, 2.45) is 11.8 Å². The average molecular weight is 244 g/mol. The fourth-order valence-electron chi connectivity index (χ4n) is 2.93. The molecule has 1 aromatic rings. The van der Waals surface area contributed by atoms with Crippen LogP contribution in [0.1, 0.15) is 5.56 Å². The highest BCUT2D eigenvalue weighted by atomic mass is 16.2. The molecule has 2 atom stereocenters. The third-order valence-corrected chi connectivity index (χ3v) is 3.85. The fraction of sp³-hybridized carbons (Fsp3) is 0.429. The van der Waals surface area contributed by atoms with Gasteiger partial charge in [0.1, 0.15) is 0 Å². The highest BCUT2D eigenvalue weighted by Crippen LogP contribution is 2.33. The summed E-state index contributed by atoms with van der Waals surface area (Å²) in [7, 11) is 1.96. The molecule has 0 N–H and O–H groups in total. The maximum Gasteiger partial charge on any atom is 0.234 e. The van der Waals surface area contributed by atoms with Crippen LogP contribution < -0.4 is 0 Å². The quantitative estimate of drug-likeness (QED) is 0.720. The topological polar surface area (TPSA) is 40.6 Å². The Morgan fingerprint density at radius 3 is 2.17 bits per heavy atom. The molecule has 0 spiro atoms. The van der Waals surface area contributed by atoms with Crippen LogP contribution in [0.25, 0.3) is 0 Å². The largest absolute Gasteiger partial charge is 0.305 e. The lowest BCUT2D eigenvalue weighted by Gasteiger charge is -2.17. The number of nitrogens with zero attached hydrogens (tertiary/aromatic N) is 2. The minimum atomic E-state index is -0.119. The van der Waals surface area contributed by atoms with Crippen LogP contribution in [0, 0.1) is 11.8 Å². The van der Waals surface area contributed by atoms with Crippen molar-refractivity contribution in [3.63, 3.8) is 0 Å². The van der Waals surface area contributed by atoms with Crippen molar-refractivity contribution in [2.45, 2.75) is 6.54 Å². The van der Waals surface area contributed by atoms with E-state index in [-0.39, 0.29) is 23.7 Å². The summed E-state index contributed by atoms with van der Waals surface area (Å²) in [5.74, 6) is -0.242. The molecule has 0 saturated carbocycles. The van der Waals surface area contributed by atoms with E-state index in [0.717, 1.165) is 5.56 Å². The van der Waals surface area contributed by atoms with Gasteiger partial charge in [-0.25, -0.2) is 0 Å². The number of likely N-dealkylation sites (tertiary alicyclic amines) is 2. The summed E-state index contributed by atoms with van der Waals surface area (Å²) in [4.78, 5) is 27.9. The van der Waals surface area contributed by atoms with E-state index in [1.807, 2.05) is 37.4 Å². The lowest BCUT2D eigenvalue weighted by Crippen LogP contribution is -2.34. The summed E-state index contributed by atoms with van der Waals surface area (Å²) >= 11 is 0. The predicted molar refractivity (Wildman–Crippen MR) is 66.5 cm³/mol. The van der Waals surface area contributed by atoms with Gasteiger partial charge in [-0.3, -0.25) is 14.5 Å². The monoisotopic (exact) mass is 244 g/mol. The van der Waals surface area contributed by atoms with E-state index >= 15 is 0 Å². The van der Waals surface area contributed by atoms with Gasteiger partial charge in [0, 0.05) is 13.1 Å². The lowest BCUT2D eigenvalue weighted by molar-refractivity contribution is -0.141. The SMILES string of the molecule is CN1CC2C(=O)N(Cc3ccccc3)C(=O)C2C1. The Hall–Kier alpha value is -1.68. The van der Waals surface area contributed by atoms with Gasteiger partial charge in [0.05, 0.1) is 18.4 Å². The van der Waals surface area contributed by atoms with Crippen LogP contribution in [0.2, 0.25) is 0 Å². The zero-order valence-electron chi connectivity index (χ0n) is 10.4. The summed E-state index contributed by atoms with van der Waals surface area (Å²) in [6.07, 6.45) is 0. The van der Waals surface area contributed by atoms with E-state index in [1.54, 1.807) is 0 Å². The van der Waals surface area contributed by atoms with E-state index in [1.165, 1.54) is 4.90 Å². The second-order valence-corrected chi connectivity index (χ2v) is 5.18. The number of imide groups is 1. The third kappa shape index (κ3) is 1.73. The summed E-state index contributed by atoms with van der Waals surface area (Å²) < 4.78 is 0. The molecule has 4 heteroatoms. The molecule has 3 rings (SSSR count). The second-order valence-electron chi connectivity index (χ2n) is 5.18. The van der Waals surface area contributed by atoms with E-state index in [9.17, 15) is 9.59 Å². The average Bonchev–Trinajstić information content (AvgIpc) is 2.85. The molecule has 2 amide bonds. The van der Waals surface area contributed by atoms with Crippen molar-refractivity contribution in [1.29, 1.82) is 0 Å². The van der Waals surface area contributed by atoms with Crippen molar-refractivity contribution < 1.29 is 9.59 Å². The zero-order chi connectivity index (χ0) is 12.7. The highest BCUT2D eigenvalue weighted by molar-refractivity contribution is 6.05. The van der Waals surface area contributed by atoms with E-state index < -0.39 is 0 Å². The van der Waals surface area contributed by atoms with Crippen LogP contribution in [0.15, 0.2) is 30.3 Å². The summed E-state index contributed by atoms with van der Waals surface area (Å²) in [6.45, 7) is 1.83. The van der Waals surface area contributed by atoms with Gasteiger partial charge in [-0.05, 0) is 12.6 Å². The summed E-state index contributed by atoms with van der Waals surface area (Å²) in [6, 6.07) is 9.67. The first-order valence-electron chi connectivity index (χ1n) is 6.24. The minimum Gasteiger partial charge on any atom is -0.305 e. The molecule has 2 heterocycles. The standard InChI is InChI=1S/C14H16N2O2/c1-15-8-11-12(9-15)14(18)16(13(11)17)7-10-5-3-2-4-6-10/h2-6,11-12H,7-9H2,1H3. The van der Waals surface area contributed by atoms with Crippen molar-refractivity contribution in [3.05, 3.63) is 35.9 Å². The molecule has 0 radical (unpaired) electrons. The molecular weight excluding hydrogens is 228 g/mol. The Bertz CT molecular complexity index is 462. The molecule has 0 bridgehead atoms. The highest BCUT2D eigenvalue weighted by Gasteiger charge is 2.51. The summed E-state index contributed by atoms with van der Waals surface area (Å²) in [5.41, 5.74) is 1.01. The Morgan fingerprint density at radius 1 is 1.06 bits per heavy atom. The number of rotatable bonds is 2. The second kappa shape index (κ2) is 4.21. The van der Waals surface area contributed by atoms with Gasteiger partial charge in [-0.15, -0.1) is 0 Å². The molecule has 1 aromatic carbocycles. The van der Waals surface area contributed by atoms with Crippen LogP contribution in [0.3, 0.4) is 0 Å². The minimum absolute atomic E-state index is 0.00166. The molecule has 0 aliphatic carbocycles. The fourth-order valence-corrected chi connectivity index (χ4v) is 2.93. The van der Waals surface area contributed by atoms with Gasteiger partial charge in [0.25, 0.3) is 0 Å². The Kier molecular flexibility index (Phi) is 2.67. The maximum atomic E-state index is 12.2. The normalized spacial score (nSPS) is 27.9. The number of fused-ring (bicyclic) bond motifs is 1. The smallest absolute Gasteiger partial charge is 0.234 e. The maximum absolute atomic E-state index is 12.2. The molecule has 0 aromatic heterocycles. The van der Waals surface area contributed by atoms with Gasteiger partial charge in [0.2, 0.25) is 11.8 Å². The van der Waals surface area contributed by atoms with Gasteiger partial charge >= 0.3 is 0 Å². The number of carbonyl (C=O) groups is 2. The van der Waals surface area contributed by atoms with Gasteiger partial charge in [0.15, 0.2) is 0 Å². The molecule has 2 fully saturated rings. The first-order valence-corrected chi connectivity index (χ1v) is 6.24. The molecule has 94 valence electrons. The first-order chi connectivity index (χ1) is 8.66. The van der Waals surface area contributed by atoms with Crippen molar-refractivity contribution >= 4 is 11.8 Å². The zero-order valence-corrected chi connectivity index (χ0v) is 10.4. The van der Waals surface area contributed by atoms with Gasteiger partial charge in [-0.2, -0.15) is 0 Å². The molecule has 2 saturated heterocycles. The number of benzene rings is 1. The van der Waals surface area contributed by atoms with Crippen LogP contribution in [0.4, 0.5) is 0 Å². The Labute approximate surface area is 106 Å². The van der Waals surface area contributed by atoms with Crippen molar-refractivity contribution in [2.75, 3.05) is 20.1 Å². The molecule has 2 unspecified atom stereocenters. The Balaban J connectivity index is 1.79. The van der Waals surface area contributed by atoms with Crippen molar-refractivity contribution in [1.82, 2.24) is 9.80 Å². The Morgan fingerprint density at radius 2 is 1.61 bits per heavy atom. The van der Waals surface area contributed by atoms with Crippen LogP contribution in [0.5, 0.6) is 0 Å². The number of hydrogen-bond donors (Lipinski definition) is 0. The van der Waals surface area contributed by atoms with E-state index in [2.05, 4.69) is 4.90 Å². The molecule has 18 heavy (non-hydrogen) atoms. The van der Waals surface area contributed by atoms with Crippen LogP contribution in [-0.4, -0.2) is 41.8 Å². The van der Waals surface area contributed by atoms with Gasteiger partial charge < -0.3 is 4.90 Å². The van der Waals surface area contributed by atoms with E-state index in [4.69, 9.17) is 0 Å². The number of hydrogen-bond acceptors (Lipinski definition) is 3. The number of amides is 2. The van der Waals surface area contributed by atoms with Gasteiger partial charge in [-0.1, -0.05) is 30.3 Å². The van der Waals surface area contributed by atoms with Crippen LogP contribution >= 0.6 is 0 Å². The molecule has 2 aliphatic rings. The third-order valence-electron chi connectivity index (χ3n) is 3.85. The first kappa shape index (κ1) is 11.4. The number of carbonyl (C=O) groups excluding carboxylic acids is 2.